The minimum Gasteiger partial charge on any atom is -0.464 e. The van der Waals surface area contributed by atoms with Gasteiger partial charge in [0, 0.05) is 12.1 Å². The summed E-state index contributed by atoms with van der Waals surface area (Å²) >= 11 is 0. The molecule has 0 radical (unpaired) electrons. The predicted octanol–water partition coefficient (Wildman–Crippen LogP) is 2.40. The first kappa shape index (κ1) is 14.6. The summed E-state index contributed by atoms with van der Waals surface area (Å²) in [6.07, 6.45) is 0. The molecule has 1 rings (SSSR count). The number of carbonyl (C=O) groups excluding carboxylic acids is 1. The number of nitro groups is 1. The number of non-ortho nitro benzene ring substituents is 1. The fourth-order valence-corrected chi connectivity index (χ4v) is 1.38. The van der Waals surface area contributed by atoms with Crippen molar-refractivity contribution in [1.29, 1.82) is 5.26 Å². The zero-order chi connectivity index (χ0) is 14.4. The number of hydrogen-bond acceptors (Lipinski definition) is 5. The van der Waals surface area contributed by atoms with Gasteiger partial charge in [0.05, 0.1) is 17.6 Å². The molecule has 100 valence electrons. The van der Waals surface area contributed by atoms with Crippen molar-refractivity contribution in [2.24, 2.45) is 5.92 Å². The van der Waals surface area contributed by atoms with E-state index in [0.29, 0.717) is 5.56 Å². The van der Waals surface area contributed by atoms with Crippen LogP contribution in [0.2, 0.25) is 0 Å². The van der Waals surface area contributed by atoms with Crippen LogP contribution in [-0.2, 0) is 9.53 Å². The average Bonchev–Trinajstić information content (AvgIpc) is 2.37. The lowest BCUT2D eigenvalue weighted by atomic mass is 10.0. The quantitative estimate of drug-likeness (QED) is 0.461. The summed E-state index contributed by atoms with van der Waals surface area (Å²) in [6, 6.07) is 7.15. The second-order valence-corrected chi connectivity index (χ2v) is 4.43. The van der Waals surface area contributed by atoms with Crippen LogP contribution in [0, 0.1) is 27.4 Å². The van der Waals surface area contributed by atoms with Crippen LogP contribution in [0.3, 0.4) is 0 Å². The minimum absolute atomic E-state index is 0.0870. The van der Waals surface area contributed by atoms with Crippen LogP contribution in [0.15, 0.2) is 24.3 Å². The van der Waals surface area contributed by atoms with Crippen molar-refractivity contribution in [3.63, 3.8) is 0 Å². The smallest absolute Gasteiger partial charge is 0.327 e. The first-order chi connectivity index (χ1) is 8.95. The number of rotatable bonds is 5. The molecule has 0 spiro atoms. The molecule has 0 amide bonds. The average molecular weight is 262 g/mol. The second-order valence-electron chi connectivity index (χ2n) is 4.43. The molecule has 19 heavy (non-hydrogen) atoms. The van der Waals surface area contributed by atoms with Gasteiger partial charge in [-0.25, -0.2) is 0 Å². The van der Waals surface area contributed by atoms with Gasteiger partial charge in [-0.3, -0.25) is 14.9 Å². The van der Waals surface area contributed by atoms with Crippen molar-refractivity contribution in [1.82, 2.24) is 0 Å². The number of carbonyl (C=O) groups is 1. The van der Waals surface area contributed by atoms with Gasteiger partial charge < -0.3 is 4.74 Å². The largest absolute Gasteiger partial charge is 0.464 e. The highest BCUT2D eigenvalue weighted by Gasteiger charge is 2.22. The molecule has 0 fully saturated rings. The maximum atomic E-state index is 11.7. The van der Waals surface area contributed by atoms with Gasteiger partial charge in [0.1, 0.15) is 0 Å². The molecule has 0 aliphatic carbocycles. The van der Waals surface area contributed by atoms with Crippen LogP contribution >= 0.6 is 0 Å². The molecule has 1 unspecified atom stereocenters. The summed E-state index contributed by atoms with van der Waals surface area (Å²) in [6.45, 7) is 4.02. The van der Waals surface area contributed by atoms with Crippen LogP contribution in [0.1, 0.15) is 25.3 Å². The standard InChI is InChI=1S/C13H14N2O4/c1-9(2)8-19-13(16)12(7-14)10-3-5-11(6-4-10)15(17)18/h3-6,9,12H,8H2,1-2H3. The fourth-order valence-electron chi connectivity index (χ4n) is 1.38. The first-order valence-electron chi connectivity index (χ1n) is 5.76. The van der Waals surface area contributed by atoms with Gasteiger partial charge in [0.15, 0.2) is 5.92 Å². The topological polar surface area (TPSA) is 93.2 Å². The van der Waals surface area contributed by atoms with Crippen molar-refractivity contribution >= 4 is 11.7 Å². The van der Waals surface area contributed by atoms with Gasteiger partial charge in [0.2, 0.25) is 0 Å². The number of esters is 1. The van der Waals surface area contributed by atoms with E-state index in [1.54, 1.807) is 0 Å². The van der Waals surface area contributed by atoms with Crippen molar-refractivity contribution in [3.8, 4) is 6.07 Å². The van der Waals surface area contributed by atoms with E-state index in [1.807, 2.05) is 19.9 Å². The molecule has 0 saturated heterocycles. The van der Waals surface area contributed by atoms with E-state index >= 15 is 0 Å². The molecule has 1 aromatic rings. The molecule has 0 N–H and O–H groups in total. The van der Waals surface area contributed by atoms with Crippen LogP contribution in [0.4, 0.5) is 5.69 Å². The normalized spacial score (nSPS) is 11.7. The minimum atomic E-state index is -1.06. The molecule has 6 nitrogen and oxygen atoms in total. The van der Waals surface area contributed by atoms with E-state index in [-0.39, 0.29) is 18.2 Å². The zero-order valence-electron chi connectivity index (χ0n) is 10.7. The molecular formula is C13H14N2O4. The van der Waals surface area contributed by atoms with Crippen LogP contribution < -0.4 is 0 Å². The Kier molecular flexibility index (Phi) is 5.01. The predicted molar refractivity (Wildman–Crippen MR) is 67.2 cm³/mol. The third-order valence-electron chi connectivity index (χ3n) is 2.36. The first-order valence-corrected chi connectivity index (χ1v) is 5.76. The van der Waals surface area contributed by atoms with Crippen molar-refractivity contribution in [2.45, 2.75) is 19.8 Å². The Labute approximate surface area is 110 Å². The summed E-state index contributed by atoms with van der Waals surface area (Å²) in [4.78, 5) is 21.7. The van der Waals surface area contributed by atoms with Gasteiger partial charge in [-0.1, -0.05) is 26.0 Å². The molecule has 0 aliphatic rings. The van der Waals surface area contributed by atoms with Crippen molar-refractivity contribution in [2.75, 3.05) is 6.61 Å². The Bertz CT molecular complexity index is 502. The summed E-state index contributed by atoms with van der Waals surface area (Å²) in [7, 11) is 0. The number of benzene rings is 1. The summed E-state index contributed by atoms with van der Waals surface area (Å²) in [5, 5.41) is 19.5. The van der Waals surface area contributed by atoms with Crippen LogP contribution in [0.25, 0.3) is 0 Å². The maximum Gasteiger partial charge on any atom is 0.327 e. The highest BCUT2D eigenvalue weighted by Crippen LogP contribution is 2.20. The molecular weight excluding hydrogens is 248 g/mol. The van der Waals surface area contributed by atoms with E-state index < -0.39 is 16.8 Å². The molecule has 1 aromatic carbocycles. The zero-order valence-corrected chi connectivity index (χ0v) is 10.7. The monoisotopic (exact) mass is 262 g/mol. The van der Waals surface area contributed by atoms with Crippen LogP contribution in [-0.4, -0.2) is 17.5 Å². The lowest BCUT2D eigenvalue weighted by Gasteiger charge is -2.11. The number of nitriles is 1. The lowest BCUT2D eigenvalue weighted by Crippen LogP contribution is -2.17. The number of ether oxygens (including phenoxy) is 1. The number of nitrogens with zero attached hydrogens (tertiary/aromatic N) is 2. The highest BCUT2D eigenvalue weighted by molar-refractivity contribution is 5.81. The summed E-state index contributed by atoms with van der Waals surface area (Å²) in [5.41, 5.74) is 0.304. The Morgan fingerprint density at radius 3 is 2.42 bits per heavy atom. The van der Waals surface area contributed by atoms with Crippen molar-refractivity contribution in [3.05, 3.63) is 39.9 Å². The fraction of sp³-hybridized carbons (Fsp3) is 0.385. The Hall–Kier alpha value is -2.42. The third kappa shape index (κ3) is 4.07. The Morgan fingerprint density at radius 2 is 2.00 bits per heavy atom. The maximum absolute atomic E-state index is 11.7. The molecule has 0 heterocycles. The number of nitro benzene ring substituents is 1. The van der Waals surface area contributed by atoms with Crippen molar-refractivity contribution < 1.29 is 14.5 Å². The Balaban J connectivity index is 2.83. The second kappa shape index (κ2) is 6.50. The van der Waals surface area contributed by atoms with E-state index in [1.165, 1.54) is 24.3 Å². The molecule has 0 aromatic heterocycles. The molecule has 1 atom stereocenters. The van der Waals surface area contributed by atoms with E-state index in [0.717, 1.165) is 0 Å². The van der Waals surface area contributed by atoms with E-state index in [2.05, 4.69) is 0 Å². The van der Waals surface area contributed by atoms with Crippen LogP contribution in [0.5, 0.6) is 0 Å². The highest BCUT2D eigenvalue weighted by atomic mass is 16.6. The summed E-state index contributed by atoms with van der Waals surface area (Å²) < 4.78 is 4.99. The van der Waals surface area contributed by atoms with Gasteiger partial charge in [0.25, 0.3) is 5.69 Å². The molecule has 0 aliphatic heterocycles. The lowest BCUT2D eigenvalue weighted by molar-refractivity contribution is -0.384. The number of hydrogen-bond donors (Lipinski definition) is 0. The van der Waals surface area contributed by atoms with Gasteiger partial charge in [-0.05, 0) is 11.5 Å². The summed E-state index contributed by atoms with van der Waals surface area (Å²) in [5.74, 6) is -1.51. The molecule has 6 heteroatoms. The molecule has 0 saturated carbocycles. The Morgan fingerprint density at radius 1 is 1.42 bits per heavy atom. The third-order valence-corrected chi connectivity index (χ3v) is 2.36. The van der Waals surface area contributed by atoms with Gasteiger partial charge >= 0.3 is 5.97 Å². The van der Waals surface area contributed by atoms with Gasteiger partial charge in [-0.2, -0.15) is 5.26 Å². The molecule has 0 bridgehead atoms. The van der Waals surface area contributed by atoms with E-state index in [9.17, 15) is 14.9 Å². The van der Waals surface area contributed by atoms with Gasteiger partial charge in [-0.15, -0.1) is 0 Å². The SMILES string of the molecule is CC(C)COC(=O)C(C#N)c1ccc([N+](=O)[O-])cc1. The van der Waals surface area contributed by atoms with E-state index in [4.69, 9.17) is 10.00 Å².